The molecule has 1 aromatic carbocycles. The molecule has 1 saturated heterocycles. The van der Waals surface area contributed by atoms with Crippen LogP contribution in [-0.2, 0) is 0 Å². The molecule has 0 aliphatic carbocycles. The van der Waals surface area contributed by atoms with Crippen LogP contribution in [-0.4, -0.2) is 66.9 Å². The number of hydrogen-bond acceptors (Lipinski definition) is 6. The van der Waals surface area contributed by atoms with Gasteiger partial charge < -0.3 is 20.2 Å². The normalized spacial score (nSPS) is 17.9. The van der Waals surface area contributed by atoms with Gasteiger partial charge in [0, 0.05) is 57.8 Å². The molecule has 1 aliphatic heterocycles. The third-order valence-corrected chi connectivity index (χ3v) is 4.91. The monoisotopic (exact) mass is 355 g/mol. The highest BCUT2D eigenvalue weighted by atomic mass is 16.3. The van der Waals surface area contributed by atoms with Gasteiger partial charge in [0.1, 0.15) is 0 Å². The molecule has 1 unspecified atom stereocenters. The van der Waals surface area contributed by atoms with Gasteiger partial charge in [0.25, 0.3) is 0 Å². The van der Waals surface area contributed by atoms with Gasteiger partial charge >= 0.3 is 0 Å². The second-order valence-electron chi connectivity index (χ2n) is 7.13. The lowest BCUT2D eigenvalue weighted by atomic mass is 9.99. The van der Waals surface area contributed by atoms with E-state index in [4.69, 9.17) is 0 Å². The van der Waals surface area contributed by atoms with Crippen molar-refractivity contribution >= 4 is 11.6 Å². The van der Waals surface area contributed by atoms with Crippen LogP contribution in [0.15, 0.2) is 36.5 Å². The van der Waals surface area contributed by atoms with Crippen LogP contribution in [0.1, 0.15) is 12.8 Å². The first-order chi connectivity index (χ1) is 12.7. The van der Waals surface area contributed by atoms with Crippen LogP contribution in [0, 0.1) is 5.92 Å². The Morgan fingerprint density at radius 3 is 2.77 bits per heavy atom. The van der Waals surface area contributed by atoms with E-state index in [-0.39, 0.29) is 0 Å². The fraction of sp³-hybridized carbons (Fsp3) is 0.500. The molecular formula is C20H29N5O. The Morgan fingerprint density at radius 1 is 1.23 bits per heavy atom. The lowest BCUT2D eigenvalue weighted by Crippen LogP contribution is -2.39. The second-order valence-corrected chi connectivity index (χ2v) is 7.13. The summed E-state index contributed by atoms with van der Waals surface area (Å²) < 4.78 is 0. The van der Waals surface area contributed by atoms with Crippen LogP contribution < -0.4 is 10.2 Å². The van der Waals surface area contributed by atoms with E-state index in [2.05, 4.69) is 49.4 Å². The third-order valence-electron chi connectivity index (χ3n) is 4.91. The van der Waals surface area contributed by atoms with E-state index >= 15 is 0 Å². The van der Waals surface area contributed by atoms with Crippen molar-refractivity contribution in [3.63, 3.8) is 0 Å². The van der Waals surface area contributed by atoms with E-state index in [1.165, 1.54) is 12.1 Å². The number of nitrogens with zero attached hydrogens (tertiary/aromatic N) is 4. The molecule has 2 N–H and O–H groups in total. The summed E-state index contributed by atoms with van der Waals surface area (Å²) in [5.41, 5.74) is 3.18. The standard InChI is InChI=1S/C20H29N5O/c1-24(2)18-7-5-17(6-8-18)19-9-10-21-20(23-19)22-11-13-25-12-3-4-16(14-25)15-26/h5-10,16,26H,3-4,11-15H2,1-2H3,(H,21,22,23). The maximum absolute atomic E-state index is 9.33. The summed E-state index contributed by atoms with van der Waals surface area (Å²) in [6.07, 6.45) is 4.10. The summed E-state index contributed by atoms with van der Waals surface area (Å²) in [6.45, 7) is 4.14. The molecule has 1 aromatic heterocycles. The molecule has 0 saturated carbocycles. The summed E-state index contributed by atoms with van der Waals surface area (Å²) in [6, 6.07) is 10.3. The SMILES string of the molecule is CN(C)c1ccc(-c2ccnc(NCCN3CCCC(CO)C3)n2)cc1. The zero-order chi connectivity index (χ0) is 18.4. The lowest BCUT2D eigenvalue weighted by molar-refractivity contribution is 0.123. The Labute approximate surface area is 155 Å². The zero-order valence-electron chi connectivity index (χ0n) is 15.7. The van der Waals surface area contributed by atoms with Gasteiger partial charge in [0.2, 0.25) is 5.95 Å². The van der Waals surface area contributed by atoms with Crippen LogP contribution in [0.2, 0.25) is 0 Å². The quantitative estimate of drug-likeness (QED) is 0.795. The highest BCUT2D eigenvalue weighted by Crippen LogP contribution is 2.21. The van der Waals surface area contributed by atoms with Crippen molar-refractivity contribution in [3.05, 3.63) is 36.5 Å². The summed E-state index contributed by atoms with van der Waals surface area (Å²) >= 11 is 0. The summed E-state index contributed by atoms with van der Waals surface area (Å²) in [4.78, 5) is 13.5. The average Bonchev–Trinajstić information content (AvgIpc) is 2.68. The first-order valence-electron chi connectivity index (χ1n) is 9.33. The van der Waals surface area contributed by atoms with E-state index in [1.807, 2.05) is 20.2 Å². The van der Waals surface area contributed by atoms with Crippen LogP contribution >= 0.6 is 0 Å². The molecule has 6 heteroatoms. The van der Waals surface area contributed by atoms with Crippen molar-refractivity contribution in [3.8, 4) is 11.3 Å². The molecule has 0 radical (unpaired) electrons. The summed E-state index contributed by atoms with van der Waals surface area (Å²) in [5.74, 6) is 1.09. The van der Waals surface area contributed by atoms with Gasteiger partial charge in [0.05, 0.1) is 5.69 Å². The average molecular weight is 355 g/mol. The van der Waals surface area contributed by atoms with Crippen molar-refractivity contribution in [1.82, 2.24) is 14.9 Å². The number of piperidine rings is 1. The molecule has 6 nitrogen and oxygen atoms in total. The largest absolute Gasteiger partial charge is 0.396 e. The number of aliphatic hydroxyl groups excluding tert-OH is 1. The molecular weight excluding hydrogens is 326 g/mol. The second kappa shape index (κ2) is 8.96. The number of hydrogen-bond donors (Lipinski definition) is 2. The minimum absolute atomic E-state index is 0.293. The number of aliphatic hydroxyl groups is 1. The molecule has 1 atom stereocenters. The molecule has 3 rings (SSSR count). The van der Waals surface area contributed by atoms with Crippen molar-refractivity contribution in [2.45, 2.75) is 12.8 Å². The summed E-state index contributed by atoms with van der Waals surface area (Å²) in [5, 5.41) is 12.7. The fourth-order valence-corrected chi connectivity index (χ4v) is 3.36. The molecule has 1 fully saturated rings. The topological polar surface area (TPSA) is 64.5 Å². The Morgan fingerprint density at radius 2 is 2.04 bits per heavy atom. The van der Waals surface area contributed by atoms with Crippen LogP contribution in [0.5, 0.6) is 0 Å². The number of benzene rings is 1. The van der Waals surface area contributed by atoms with Gasteiger partial charge in [0.15, 0.2) is 0 Å². The van der Waals surface area contributed by atoms with E-state index in [0.717, 1.165) is 43.9 Å². The number of likely N-dealkylation sites (tertiary alicyclic amines) is 1. The Balaban J connectivity index is 1.55. The van der Waals surface area contributed by atoms with Crippen LogP contribution in [0.3, 0.4) is 0 Å². The Bertz CT molecular complexity index is 689. The predicted octanol–water partition coefficient (Wildman–Crippen LogP) is 2.33. The van der Waals surface area contributed by atoms with Crippen LogP contribution in [0.4, 0.5) is 11.6 Å². The predicted molar refractivity (Wildman–Crippen MR) is 107 cm³/mol. The maximum Gasteiger partial charge on any atom is 0.223 e. The van der Waals surface area contributed by atoms with Gasteiger partial charge in [-0.05, 0) is 43.5 Å². The molecule has 0 bridgehead atoms. The van der Waals surface area contributed by atoms with E-state index in [0.29, 0.717) is 18.5 Å². The van der Waals surface area contributed by atoms with Gasteiger partial charge in [-0.3, -0.25) is 0 Å². The van der Waals surface area contributed by atoms with E-state index < -0.39 is 0 Å². The van der Waals surface area contributed by atoms with E-state index in [9.17, 15) is 5.11 Å². The van der Waals surface area contributed by atoms with Gasteiger partial charge in [-0.2, -0.15) is 0 Å². The molecule has 2 heterocycles. The molecule has 26 heavy (non-hydrogen) atoms. The first kappa shape index (κ1) is 18.6. The maximum atomic E-state index is 9.33. The first-order valence-corrected chi connectivity index (χ1v) is 9.33. The fourth-order valence-electron chi connectivity index (χ4n) is 3.36. The Hall–Kier alpha value is -2.18. The molecule has 2 aromatic rings. The minimum atomic E-state index is 0.293. The number of rotatable bonds is 7. The minimum Gasteiger partial charge on any atom is -0.396 e. The highest BCUT2D eigenvalue weighted by molar-refractivity contribution is 5.63. The molecule has 140 valence electrons. The highest BCUT2D eigenvalue weighted by Gasteiger charge is 2.18. The smallest absolute Gasteiger partial charge is 0.223 e. The van der Waals surface area contributed by atoms with Gasteiger partial charge in [-0.1, -0.05) is 12.1 Å². The molecule has 1 aliphatic rings. The number of aromatic nitrogens is 2. The lowest BCUT2D eigenvalue weighted by Gasteiger charge is -2.31. The number of nitrogens with one attached hydrogen (secondary N) is 1. The van der Waals surface area contributed by atoms with Crippen molar-refractivity contribution in [2.24, 2.45) is 5.92 Å². The summed E-state index contributed by atoms with van der Waals surface area (Å²) in [7, 11) is 4.07. The third kappa shape index (κ3) is 4.93. The number of anilines is 2. The van der Waals surface area contributed by atoms with Gasteiger partial charge in [-0.15, -0.1) is 0 Å². The molecule has 0 spiro atoms. The van der Waals surface area contributed by atoms with Crippen molar-refractivity contribution in [1.29, 1.82) is 0 Å². The molecule has 0 amide bonds. The van der Waals surface area contributed by atoms with E-state index in [1.54, 1.807) is 6.20 Å². The Kier molecular flexibility index (Phi) is 6.41. The van der Waals surface area contributed by atoms with Crippen molar-refractivity contribution < 1.29 is 5.11 Å². The van der Waals surface area contributed by atoms with Gasteiger partial charge in [-0.25, -0.2) is 9.97 Å². The zero-order valence-corrected chi connectivity index (χ0v) is 15.7. The van der Waals surface area contributed by atoms with Crippen LogP contribution in [0.25, 0.3) is 11.3 Å². The van der Waals surface area contributed by atoms with Crippen molar-refractivity contribution in [2.75, 3.05) is 57.1 Å².